The van der Waals surface area contributed by atoms with Gasteiger partial charge in [0.2, 0.25) is 0 Å². The first-order chi connectivity index (χ1) is 14.2. The van der Waals surface area contributed by atoms with Gasteiger partial charge in [-0.2, -0.15) is 0 Å². The fraction of sp³-hybridized carbons (Fsp3) is 0.500. The first kappa shape index (κ1) is 21.6. The number of aliphatic hydroxyl groups is 1. The summed E-state index contributed by atoms with van der Waals surface area (Å²) in [5.74, 6) is 1.70. The van der Waals surface area contributed by atoms with Gasteiger partial charge in [0.05, 0.1) is 0 Å². The van der Waals surface area contributed by atoms with E-state index in [1.165, 1.54) is 37.9 Å². The van der Waals surface area contributed by atoms with Crippen molar-refractivity contribution in [3.63, 3.8) is 0 Å². The molecule has 0 aromatic heterocycles. The molecule has 0 aliphatic carbocycles. The highest BCUT2D eigenvalue weighted by Gasteiger charge is 2.11. The zero-order chi connectivity index (χ0) is 20.3. The summed E-state index contributed by atoms with van der Waals surface area (Å²) in [5.41, 5.74) is 1.18. The number of para-hydroxylation sites is 1. The molecule has 1 fully saturated rings. The molecule has 2 aromatic rings. The van der Waals surface area contributed by atoms with Gasteiger partial charge in [0, 0.05) is 19.6 Å². The Kier molecular flexibility index (Phi) is 8.81. The maximum Gasteiger partial charge on any atom is 0.119 e. The third-order valence-electron chi connectivity index (χ3n) is 5.18. The minimum atomic E-state index is -0.538. The van der Waals surface area contributed by atoms with E-state index in [-0.39, 0.29) is 6.61 Å². The fourth-order valence-electron chi connectivity index (χ4n) is 3.71. The number of rotatable bonds is 11. The van der Waals surface area contributed by atoms with Crippen LogP contribution >= 0.6 is 0 Å². The quantitative estimate of drug-likeness (QED) is 0.628. The third kappa shape index (κ3) is 8.05. The van der Waals surface area contributed by atoms with Crippen molar-refractivity contribution in [3.8, 4) is 11.5 Å². The second kappa shape index (κ2) is 11.8. The molecule has 1 aliphatic rings. The van der Waals surface area contributed by atoms with E-state index >= 15 is 0 Å². The molecule has 158 valence electrons. The van der Waals surface area contributed by atoms with Gasteiger partial charge in [-0.3, -0.25) is 9.80 Å². The van der Waals surface area contributed by atoms with Crippen molar-refractivity contribution in [2.45, 2.75) is 31.9 Å². The molecule has 0 amide bonds. The average molecular weight is 399 g/mol. The lowest BCUT2D eigenvalue weighted by Crippen LogP contribution is -2.33. The molecule has 1 unspecified atom stereocenters. The smallest absolute Gasteiger partial charge is 0.119 e. The Morgan fingerprint density at radius 1 is 0.966 bits per heavy atom. The highest BCUT2D eigenvalue weighted by atomic mass is 16.5. The number of nitrogens with zero attached hydrogens (tertiary/aromatic N) is 2. The van der Waals surface area contributed by atoms with Crippen LogP contribution in [0.15, 0.2) is 54.6 Å². The third-order valence-corrected chi connectivity index (χ3v) is 5.18. The van der Waals surface area contributed by atoms with Gasteiger partial charge in [-0.25, -0.2) is 0 Å². The van der Waals surface area contributed by atoms with E-state index in [4.69, 9.17) is 9.47 Å². The highest BCUT2D eigenvalue weighted by molar-refractivity contribution is 5.28. The predicted molar refractivity (Wildman–Crippen MR) is 117 cm³/mol. The SMILES string of the molecule is CN(Cc1cccc(OCCN2CCCCC2)c1)CC(O)COc1ccccc1. The lowest BCUT2D eigenvalue weighted by Gasteiger charge is -2.26. The lowest BCUT2D eigenvalue weighted by molar-refractivity contribution is 0.0744. The van der Waals surface area contributed by atoms with E-state index in [2.05, 4.69) is 21.9 Å². The second-order valence-electron chi connectivity index (χ2n) is 7.87. The Hall–Kier alpha value is -2.08. The monoisotopic (exact) mass is 398 g/mol. The normalized spacial score (nSPS) is 16.0. The van der Waals surface area contributed by atoms with Gasteiger partial charge in [0.15, 0.2) is 0 Å². The summed E-state index contributed by atoms with van der Waals surface area (Å²) in [5, 5.41) is 10.3. The van der Waals surface area contributed by atoms with Crippen LogP contribution in [-0.2, 0) is 6.54 Å². The van der Waals surface area contributed by atoms with Crippen molar-refractivity contribution in [2.75, 3.05) is 46.4 Å². The average Bonchev–Trinajstić information content (AvgIpc) is 2.74. The molecule has 1 aliphatic heterocycles. The van der Waals surface area contributed by atoms with Crippen LogP contribution in [0.25, 0.3) is 0 Å². The maximum atomic E-state index is 10.3. The first-order valence-electron chi connectivity index (χ1n) is 10.7. The van der Waals surface area contributed by atoms with E-state index in [1.54, 1.807) is 0 Å². The maximum absolute atomic E-state index is 10.3. The molecule has 2 aromatic carbocycles. The van der Waals surface area contributed by atoms with Gasteiger partial charge in [0.25, 0.3) is 0 Å². The van der Waals surface area contributed by atoms with E-state index in [0.29, 0.717) is 6.54 Å². The summed E-state index contributed by atoms with van der Waals surface area (Å²) in [6.45, 7) is 5.72. The molecular weight excluding hydrogens is 364 g/mol. The molecule has 29 heavy (non-hydrogen) atoms. The number of hydrogen-bond donors (Lipinski definition) is 1. The Labute approximate surface area is 174 Å². The largest absolute Gasteiger partial charge is 0.492 e. The van der Waals surface area contributed by atoms with E-state index in [0.717, 1.165) is 31.2 Å². The van der Waals surface area contributed by atoms with Crippen LogP contribution in [0.3, 0.4) is 0 Å². The molecular formula is C24H34N2O3. The molecule has 1 heterocycles. The molecule has 0 saturated carbocycles. The summed E-state index contributed by atoms with van der Waals surface area (Å²) in [6, 6.07) is 17.8. The van der Waals surface area contributed by atoms with Gasteiger partial charge >= 0.3 is 0 Å². The molecule has 1 N–H and O–H groups in total. The minimum Gasteiger partial charge on any atom is -0.492 e. The van der Waals surface area contributed by atoms with Gasteiger partial charge in [0.1, 0.15) is 30.8 Å². The molecule has 0 bridgehead atoms. The molecule has 5 heteroatoms. The zero-order valence-corrected chi connectivity index (χ0v) is 17.5. The second-order valence-corrected chi connectivity index (χ2v) is 7.87. The molecule has 3 rings (SSSR count). The Morgan fingerprint density at radius 2 is 1.72 bits per heavy atom. The molecule has 5 nitrogen and oxygen atoms in total. The Bertz CT molecular complexity index is 704. The van der Waals surface area contributed by atoms with Crippen LogP contribution < -0.4 is 9.47 Å². The zero-order valence-electron chi connectivity index (χ0n) is 17.5. The van der Waals surface area contributed by atoms with Crippen molar-refractivity contribution in [2.24, 2.45) is 0 Å². The minimum absolute atomic E-state index is 0.286. The van der Waals surface area contributed by atoms with E-state index in [1.807, 2.05) is 49.5 Å². The number of likely N-dealkylation sites (tertiary alicyclic amines) is 1. The number of benzene rings is 2. The van der Waals surface area contributed by atoms with Crippen molar-refractivity contribution in [1.82, 2.24) is 9.80 Å². The molecule has 0 radical (unpaired) electrons. The van der Waals surface area contributed by atoms with Gasteiger partial charge in [-0.15, -0.1) is 0 Å². The number of aliphatic hydroxyl groups excluding tert-OH is 1. The molecule has 0 spiro atoms. The standard InChI is InChI=1S/C24H34N2O3/c1-25(19-22(27)20-29-23-10-4-2-5-11-23)18-21-9-8-12-24(17-21)28-16-15-26-13-6-3-7-14-26/h2,4-5,8-12,17,22,27H,3,6-7,13-16,18-20H2,1H3. The van der Waals surface area contributed by atoms with Crippen LogP contribution in [0.5, 0.6) is 11.5 Å². The number of hydrogen-bond acceptors (Lipinski definition) is 5. The first-order valence-corrected chi connectivity index (χ1v) is 10.7. The van der Waals surface area contributed by atoms with E-state index < -0.39 is 6.10 Å². The lowest BCUT2D eigenvalue weighted by atomic mass is 10.1. The topological polar surface area (TPSA) is 45.2 Å². The van der Waals surface area contributed by atoms with Crippen LogP contribution in [0.2, 0.25) is 0 Å². The van der Waals surface area contributed by atoms with Crippen LogP contribution in [-0.4, -0.2) is 67.5 Å². The van der Waals surface area contributed by atoms with Crippen LogP contribution in [0, 0.1) is 0 Å². The Morgan fingerprint density at radius 3 is 2.52 bits per heavy atom. The van der Waals surface area contributed by atoms with Crippen LogP contribution in [0.4, 0.5) is 0 Å². The van der Waals surface area contributed by atoms with Crippen molar-refractivity contribution < 1.29 is 14.6 Å². The van der Waals surface area contributed by atoms with Crippen molar-refractivity contribution in [3.05, 3.63) is 60.2 Å². The summed E-state index contributed by atoms with van der Waals surface area (Å²) in [6.07, 6.45) is 3.44. The fourth-order valence-corrected chi connectivity index (χ4v) is 3.71. The summed E-state index contributed by atoms with van der Waals surface area (Å²) in [7, 11) is 2.01. The summed E-state index contributed by atoms with van der Waals surface area (Å²) in [4.78, 5) is 4.59. The highest BCUT2D eigenvalue weighted by Crippen LogP contribution is 2.16. The molecule has 1 saturated heterocycles. The van der Waals surface area contributed by atoms with Gasteiger partial charge in [-0.05, 0) is 62.8 Å². The van der Waals surface area contributed by atoms with Crippen LogP contribution in [0.1, 0.15) is 24.8 Å². The summed E-state index contributed by atoms with van der Waals surface area (Å²) >= 11 is 0. The van der Waals surface area contributed by atoms with Gasteiger partial charge < -0.3 is 14.6 Å². The Balaban J connectivity index is 1.38. The van der Waals surface area contributed by atoms with Crippen molar-refractivity contribution >= 4 is 0 Å². The number of ether oxygens (including phenoxy) is 2. The molecule has 1 atom stereocenters. The van der Waals surface area contributed by atoms with Gasteiger partial charge in [-0.1, -0.05) is 36.8 Å². The number of likely N-dealkylation sites (N-methyl/N-ethyl adjacent to an activating group) is 1. The van der Waals surface area contributed by atoms with E-state index in [9.17, 15) is 5.11 Å². The number of piperidine rings is 1. The summed E-state index contributed by atoms with van der Waals surface area (Å²) < 4.78 is 11.6. The van der Waals surface area contributed by atoms with Crippen molar-refractivity contribution in [1.29, 1.82) is 0 Å². The predicted octanol–water partition coefficient (Wildman–Crippen LogP) is 3.42.